The summed E-state index contributed by atoms with van der Waals surface area (Å²) in [5.74, 6) is 0.147. The fourth-order valence-electron chi connectivity index (χ4n) is 2.58. The highest BCUT2D eigenvalue weighted by atomic mass is 35.5. The van der Waals surface area contributed by atoms with E-state index in [0.29, 0.717) is 0 Å². The van der Waals surface area contributed by atoms with E-state index >= 15 is 0 Å². The summed E-state index contributed by atoms with van der Waals surface area (Å²) >= 11 is 11.4. The van der Waals surface area contributed by atoms with Crippen molar-refractivity contribution in [2.24, 2.45) is 17.3 Å². The number of halogens is 2. The van der Waals surface area contributed by atoms with E-state index in [-0.39, 0.29) is 27.6 Å². The summed E-state index contributed by atoms with van der Waals surface area (Å²) in [5, 5.41) is 0. The highest BCUT2D eigenvalue weighted by Crippen LogP contribution is 2.60. The molecule has 1 amide bonds. The lowest BCUT2D eigenvalue weighted by atomic mass is 10.1. The van der Waals surface area contributed by atoms with Crippen LogP contribution in [0.5, 0.6) is 0 Å². The second-order valence-corrected chi connectivity index (χ2v) is 6.52. The van der Waals surface area contributed by atoms with Crippen molar-refractivity contribution in [1.82, 2.24) is 0 Å². The Morgan fingerprint density at radius 3 is 2.37 bits per heavy atom. The van der Waals surface area contributed by atoms with Gasteiger partial charge in [0.1, 0.15) is 4.49 Å². The zero-order valence-corrected chi connectivity index (χ0v) is 12.7. The van der Waals surface area contributed by atoms with Crippen molar-refractivity contribution >= 4 is 34.8 Å². The van der Waals surface area contributed by atoms with Gasteiger partial charge in [-0.1, -0.05) is 55.2 Å². The Bertz CT molecular complexity index is 506. The van der Waals surface area contributed by atoms with Crippen LogP contribution in [0.2, 0.25) is 0 Å². The normalized spacial score (nSPS) is 23.6. The van der Waals surface area contributed by atoms with Crippen LogP contribution in [0.15, 0.2) is 40.9 Å². The van der Waals surface area contributed by atoms with Gasteiger partial charge in [-0.3, -0.25) is 4.79 Å². The molecule has 0 aromatic heterocycles. The average molecular weight is 298 g/mol. The summed E-state index contributed by atoms with van der Waals surface area (Å²) in [6.07, 6.45) is 1.77. The molecule has 102 valence electrons. The molecule has 0 unspecified atom stereocenters. The lowest BCUT2D eigenvalue weighted by Crippen LogP contribution is -2.29. The van der Waals surface area contributed by atoms with Crippen molar-refractivity contribution in [2.75, 3.05) is 11.9 Å². The molecular formula is C15H17Cl2NO. The molecule has 1 aliphatic carbocycles. The van der Waals surface area contributed by atoms with Gasteiger partial charge in [-0.25, -0.2) is 0 Å². The Morgan fingerprint density at radius 1 is 1.26 bits per heavy atom. The van der Waals surface area contributed by atoms with Gasteiger partial charge in [0.05, 0.1) is 5.92 Å². The number of allylic oxidation sites excluding steroid dienone is 1. The molecule has 2 atom stereocenters. The number of amides is 1. The average Bonchev–Trinajstić information content (AvgIpc) is 2.89. The van der Waals surface area contributed by atoms with Crippen LogP contribution in [0.1, 0.15) is 13.8 Å². The van der Waals surface area contributed by atoms with Crippen LogP contribution in [-0.4, -0.2) is 13.0 Å². The van der Waals surface area contributed by atoms with E-state index in [4.69, 9.17) is 23.2 Å². The second-order valence-electron chi connectivity index (χ2n) is 5.51. The molecule has 1 aromatic carbocycles. The standard InChI is InChI=1S/C15H17Cl2NO/c1-15(2)11(9-12(16)17)13(15)14(19)18(3)10-7-5-4-6-8-10/h4-9,11,13H,1-3H3/t11-,13-/m0/s1. The van der Waals surface area contributed by atoms with Crippen molar-refractivity contribution in [3.05, 3.63) is 40.9 Å². The van der Waals surface area contributed by atoms with Gasteiger partial charge in [0.15, 0.2) is 0 Å². The van der Waals surface area contributed by atoms with Crippen LogP contribution in [0.4, 0.5) is 5.69 Å². The SMILES string of the molecule is CN(C(=O)[C@@H]1[C@H](C=C(Cl)Cl)C1(C)C)c1ccccc1. The third-order valence-corrected chi connectivity index (χ3v) is 4.21. The fraction of sp³-hybridized carbons (Fsp3) is 0.400. The van der Waals surface area contributed by atoms with Gasteiger partial charge in [0, 0.05) is 12.7 Å². The second kappa shape index (κ2) is 5.18. The van der Waals surface area contributed by atoms with Gasteiger partial charge in [-0.05, 0) is 29.5 Å². The molecule has 1 fully saturated rings. The maximum absolute atomic E-state index is 12.5. The minimum Gasteiger partial charge on any atom is -0.315 e. The molecule has 4 heteroatoms. The Morgan fingerprint density at radius 2 is 1.84 bits per heavy atom. The minimum absolute atomic E-state index is 0.0646. The van der Waals surface area contributed by atoms with Crippen molar-refractivity contribution in [2.45, 2.75) is 13.8 Å². The van der Waals surface area contributed by atoms with E-state index < -0.39 is 0 Å². The van der Waals surface area contributed by atoms with E-state index in [1.807, 2.05) is 30.3 Å². The molecular weight excluding hydrogens is 281 g/mol. The summed E-state index contributed by atoms with van der Waals surface area (Å²) in [7, 11) is 1.80. The smallest absolute Gasteiger partial charge is 0.231 e. The lowest BCUT2D eigenvalue weighted by molar-refractivity contribution is -0.120. The van der Waals surface area contributed by atoms with Gasteiger partial charge < -0.3 is 4.90 Å². The van der Waals surface area contributed by atoms with Crippen LogP contribution >= 0.6 is 23.2 Å². The van der Waals surface area contributed by atoms with Crippen molar-refractivity contribution < 1.29 is 4.79 Å². The number of carbonyl (C=O) groups is 1. The molecule has 0 bridgehead atoms. The number of para-hydroxylation sites is 1. The zero-order chi connectivity index (χ0) is 14.2. The number of carbonyl (C=O) groups excluding carboxylic acids is 1. The van der Waals surface area contributed by atoms with Crippen molar-refractivity contribution in [1.29, 1.82) is 0 Å². The van der Waals surface area contributed by atoms with Crippen LogP contribution in [0.25, 0.3) is 0 Å². The number of nitrogens with zero attached hydrogens (tertiary/aromatic N) is 1. The number of hydrogen-bond acceptors (Lipinski definition) is 1. The number of benzene rings is 1. The monoisotopic (exact) mass is 297 g/mol. The summed E-state index contributed by atoms with van der Waals surface area (Å²) < 4.78 is 0.232. The highest BCUT2D eigenvalue weighted by molar-refractivity contribution is 6.55. The van der Waals surface area contributed by atoms with E-state index in [9.17, 15) is 4.79 Å². The zero-order valence-electron chi connectivity index (χ0n) is 11.2. The molecule has 0 radical (unpaired) electrons. The fourth-order valence-corrected chi connectivity index (χ4v) is 2.86. The maximum Gasteiger partial charge on any atom is 0.231 e. The third kappa shape index (κ3) is 2.80. The number of anilines is 1. The van der Waals surface area contributed by atoms with Gasteiger partial charge >= 0.3 is 0 Å². The molecule has 0 saturated heterocycles. The Balaban J connectivity index is 2.16. The first kappa shape index (κ1) is 14.4. The van der Waals surface area contributed by atoms with E-state index in [2.05, 4.69) is 13.8 Å². The lowest BCUT2D eigenvalue weighted by Gasteiger charge is -2.18. The summed E-state index contributed by atoms with van der Waals surface area (Å²) in [6, 6.07) is 9.62. The number of rotatable bonds is 3. The molecule has 1 aliphatic rings. The quantitative estimate of drug-likeness (QED) is 0.817. The van der Waals surface area contributed by atoms with Crippen LogP contribution in [0.3, 0.4) is 0 Å². The Hall–Kier alpha value is -0.990. The third-order valence-electron chi connectivity index (χ3n) is 3.96. The molecule has 19 heavy (non-hydrogen) atoms. The molecule has 2 nitrogen and oxygen atoms in total. The van der Waals surface area contributed by atoms with Gasteiger partial charge in [-0.2, -0.15) is 0 Å². The molecule has 0 N–H and O–H groups in total. The molecule has 1 aromatic rings. The Kier molecular flexibility index (Phi) is 3.93. The molecule has 0 spiro atoms. The largest absolute Gasteiger partial charge is 0.315 e. The van der Waals surface area contributed by atoms with E-state index in [1.54, 1.807) is 18.0 Å². The predicted octanol–water partition coefficient (Wildman–Crippen LogP) is 4.24. The van der Waals surface area contributed by atoms with Crippen molar-refractivity contribution in [3.63, 3.8) is 0 Å². The molecule has 2 rings (SSSR count). The maximum atomic E-state index is 12.5. The van der Waals surface area contributed by atoms with Crippen LogP contribution in [-0.2, 0) is 4.79 Å². The van der Waals surface area contributed by atoms with Gasteiger partial charge in [0.25, 0.3) is 0 Å². The van der Waals surface area contributed by atoms with E-state index in [0.717, 1.165) is 5.69 Å². The van der Waals surface area contributed by atoms with E-state index in [1.165, 1.54) is 0 Å². The first-order chi connectivity index (χ1) is 8.85. The predicted molar refractivity (Wildman–Crippen MR) is 80.4 cm³/mol. The number of hydrogen-bond donors (Lipinski definition) is 0. The summed E-state index contributed by atoms with van der Waals surface area (Å²) in [6.45, 7) is 4.12. The summed E-state index contributed by atoms with van der Waals surface area (Å²) in [5.41, 5.74) is 0.810. The molecule has 0 heterocycles. The van der Waals surface area contributed by atoms with Crippen LogP contribution < -0.4 is 4.90 Å². The summed E-state index contributed by atoms with van der Waals surface area (Å²) in [4.78, 5) is 14.2. The Labute approximate surface area is 124 Å². The highest BCUT2D eigenvalue weighted by Gasteiger charge is 2.61. The van der Waals surface area contributed by atoms with Crippen molar-refractivity contribution in [3.8, 4) is 0 Å². The van der Waals surface area contributed by atoms with Crippen LogP contribution in [0, 0.1) is 17.3 Å². The van der Waals surface area contributed by atoms with Gasteiger partial charge in [-0.15, -0.1) is 0 Å². The molecule has 0 aliphatic heterocycles. The molecule has 1 saturated carbocycles. The first-order valence-corrected chi connectivity index (χ1v) is 6.96. The van der Waals surface area contributed by atoms with Gasteiger partial charge in [0.2, 0.25) is 5.91 Å². The topological polar surface area (TPSA) is 20.3 Å². The first-order valence-electron chi connectivity index (χ1n) is 6.21. The minimum atomic E-state index is -0.0881.